The van der Waals surface area contributed by atoms with Crippen molar-refractivity contribution in [3.8, 4) is 11.5 Å². The van der Waals surface area contributed by atoms with E-state index >= 15 is 0 Å². The lowest BCUT2D eigenvalue weighted by molar-refractivity contribution is -0.149. The highest BCUT2D eigenvalue weighted by Gasteiger charge is 2.33. The highest BCUT2D eigenvalue weighted by Crippen LogP contribution is 2.39. The van der Waals surface area contributed by atoms with Gasteiger partial charge in [-0.25, -0.2) is 10.2 Å². The second-order valence-electron chi connectivity index (χ2n) is 11.4. The molecule has 3 atom stereocenters. The summed E-state index contributed by atoms with van der Waals surface area (Å²) in [5.41, 5.74) is 5.13. The molecule has 0 heterocycles. The van der Waals surface area contributed by atoms with E-state index in [-0.39, 0.29) is 24.5 Å². The molecule has 0 bridgehead atoms. The predicted molar refractivity (Wildman–Crippen MR) is 162 cm³/mol. The summed E-state index contributed by atoms with van der Waals surface area (Å²) in [6.45, 7) is 18.1. The Balaban J connectivity index is 2.26. The Bertz CT molecular complexity index is 1200. The average molecular weight is 591 g/mol. The van der Waals surface area contributed by atoms with Gasteiger partial charge in [-0.1, -0.05) is 26.0 Å². The number of aryl methyl sites for hydroxylation is 2. The Morgan fingerprint density at radius 1 is 0.829 bits per heavy atom. The standard InChI is InChI=1S/C31H47N2O7P/c1-18(2)27-15-25(11-12-29(27)34)16-28-21(7)13-26(14-22(28)8)38-17-41(37,32-23(9)30(35)39-19(3)4)33-24(10)31(36)40-20(5)6/h11-15,18-20,23-24,34H,16-17H2,1-10H3,(H2,32,33,37)/t23-,24+,41?. The van der Waals surface area contributed by atoms with Crippen LogP contribution in [0.5, 0.6) is 11.5 Å². The fourth-order valence-electron chi connectivity index (χ4n) is 4.37. The fraction of sp³-hybridized carbons (Fsp3) is 0.548. The molecule has 0 amide bonds. The van der Waals surface area contributed by atoms with Gasteiger partial charge in [-0.3, -0.25) is 14.2 Å². The van der Waals surface area contributed by atoms with E-state index in [0.29, 0.717) is 17.9 Å². The summed E-state index contributed by atoms with van der Waals surface area (Å²) in [7, 11) is -3.66. The third kappa shape index (κ3) is 10.5. The van der Waals surface area contributed by atoms with Gasteiger partial charge in [0, 0.05) is 0 Å². The minimum absolute atomic E-state index is 0.204. The first kappa shape index (κ1) is 34.3. The molecule has 2 aromatic rings. The first-order chi connectivity index (χ1) is 19.0. The molecule has 0 aromatic heterocycles. The molecule has 1 unspecified atom stereocenters. The molecular formula is C31H47N2O7P. The van der Waals surface area contributed by atoms with Crippen molar-refractivity contribution in [3.05, 3.63) is 58.1 Å². The lowest BCUT2D eigenvalue weighted by atomic mass is 9.93. The molecule has 0 radical (unpaired) electrons. The highest BCUT2D eigenvalue weighted by molar-refractivity contribution is 7.59. The monoisotopic (exact) mass is 590 g/mol. The van der Waals surface area contributed by atoms with E-state index in [9.17, 15) is 19.3 Å². The Labute approximate surface area is 244 Å². The summed E-state index contributed by atoms with van der Waals surface area (Å²) in [5.74, 6) is -0.117. The molecule has 9 nitrogen and oxygen atoms in total. The van der Waals surface area contributed by atoms with Gasteiger partial charge in [0.1, 0.15) is 23.6 Å². The third-order valence-electron chi connectivity index (χ3n) is 6.39. The highest BCUT2D eigenvalue weighted by atomic mass is 31.2. The first-order valence-electron chi connectivity index (χ1n) is 14.1. The number of benzene rings is 2. The van der Waals surface area contributed by atoms with Gasteiger partial charge in [-0.2, -0.15) is 0 Å². The summed E-state index contributed by atoms with van der Waals surface area (Å²) in [6, 6.07) is 7.62. The van der Waals surface area contributed by atoms with Crippen molar-refractivity contribution in [2.24, 2.45) is 0 Å². The van der Waals surface area contributed by atoms with E-state index in [1.54, 1.807) is 47.6 Å². The van der Waals surface area contributed by atoms with Crippen molar-refractivity contribution in [3.63, 3.8) is 0 Å². The van der Waals surface area contributed by atoms with Crippen LogP contribution < -0.4 is 14.9 Å². The number of carbonyl (C=O) groups excluding carboxylic acids is 2. The van der Waals surface area contributed by atoms with Gasteiger partial charge in [0.05, 0.1) is 12.2 Å². The second kappa shape index (κ2) is 14.9. The number of ether oxygens (including phenoxy) is 3. The minimum atomic E-state index is -3.66. The number of hydrogen-bond acceptors (Lipinski definition) is 7. The van der Waals surface area contributed by atoms with Crippen molar-refractivity contribution in [2.45, 2.75) is 106 Å². The van der Waals surface area contributed by atoms with Gasteiger partial charge in [-0.15, -0.1) is 0 Å². The number of hydrogen-bond donors (Lipinski definition) is 3. The van der Waals surface area contributed by atoms with Gasteiger partial charge in [-0.05, 0) is 114 Å². The Kier molecular flexibility index (Phi) is 12.4. The van der Waals surface area contributed by atoms with Crippen LogP contribution in [0.4, 0.5) is 0 Å². The third-order valence-corrected chi connectivity index (χ3v) is 8.49. The maximum atomic E-state index is 14.0. The topological polar surface area (TPSA) is 123 Å². The molecule has 0 fully saturated rings. The number of nitrogens with one attached hydrogen (secondary N) is 2. The zero-order valence-electron chi connectivity index (χ0n) is 26.0. The van der Waals surface area contributed by atoms with Gasteiger partial charge >= 0.3 is 11.9 Å². The molecule has 3 N–H and O–H groups in total. The zero-order valence-corrected chi connectivity index (χ0v) is 26.9. The Morgan fingerprint density at radius 3 is 1.76 bits per heavy atom. The number of phenols is 1. The molecular weight excluding hydrogens is 543 g/mol. The van der Waals surface area contributed by atoms with E-state index in [1.807, 2.05) is 52.0 Å². The van der Waals surface area contributed by atoms with Crippen LogP contribution in [0.3, 0.4) is 0 Å². The smallest absolute Gasteiger partial charge is 0.323 e. The molecule has 2 aromatic carbocycles. The van der Waals surface area contributed by atoms with Gasteiger partial charge in [0.15, 0.2) is 6.35 Å². The fourth-order valence-corrected chi connectivity index (χ4v) is 6.39. The van der Waals surface area contributed by atoms with Crippen LogP contribution in [0, 0.1) is 13.8 Å². The van der Waals surface area contributed by atoms with Crippen molar-refractivity contribution in [1.82, 2.24) is 10.2 Å². The summed E-state index contributed by atoms with van der Waals surface area (Å²) in [4.78, 5) is 24.9. The Hall–Kier alpha value is -2.87. The van der Waals surface area contributed by atoms with Crippen molar-refractivity contribution < 1.29 is 33.5 Å². The summed E-state index contributed by atoms with van der Waals surface area (Å²) in [6.07, 6.45) is -0.305. The summed E-state index contributed by atoms with van der Waals surface area (Å²) < 4.78 is 30.5. The zero-order chi connectivity index (χ0) is 31.1. The number of phenolic OH excluding ortho intramolecular Hbond substituents is 1. The van der Waals surface area contributed by atoms with E-state index in [2.05, 4.69) is 10.2 Å². The average Bonchev–Trinajstić information content (AvgIpc) is 2.84. The first-order valence-corrected chi connectivity index (χ1v) is 16.0. The van der Waals surface area contributed by atoms with Gasteiger partial charge < -0.3 is 19.3 Å². The van der Waals surface area contributed by atoms with E-state index < -0.39 is 31.5 Å². The number of carbonyl (C=O) groups is 2. The SMILES string of the molecule is Cc1cc(OCP(=O)(N[C@@H](C)C(=O)OC(C)C)N[C@H](C)C(=O)OC(C)C)cc(C)c1Cc1ccc(O)c(C(C)C)c1. The molecule has 10 heteroatoms. The van der Waals surface area contributed by atoms with E-state index in [1.165, 1.54) is 0 Å². The molecule has 2 rings (SSSR count). The number of aromatic hydroxyl groups is 1. The summed E-state index contributed by atoms with van der Waals surface area (Å²) >= 11 is 0. The molecule has 0 aliphatic rings. The van der Waals surface area contributed by atoms with Crippen molar-refractivity contribution >= 4 is 19.4 Å². The van der Waals surface area contributed by atoms with Crippen molar-refractivity contribution in [2.75, 3.05) is 6.35 Å². The number of rotatable bonds is 14. The van der Waals surface area contributed by atoms with Crippen LogP contribution >= 0.6 is 7.44 Å². The maximum absolute atomic E-state index is 14.0. The quantitative estimate of drug-likeness (QED) is 0.177. The minimum Gasteiger partial charge on any atom is -0.508 e. The predicted octanol–water partition coefficient (Wildman–Crippen LogP) is 6.11. The van der Waals surface area contributed by atoms with E-state index in [4.69, 9.17) is 14.2 Å². The van der Waals surface area contributed by atoms with Crippen LogP contribution in [-0.4, -0.2) is 47.7 Å². The van der Waals surface area contributed by atoms with Crippen LogP contribution in [0.15, 0.2) is 30.3 Å². The van der Waals surface area contributed by atoms with Gasteiger partial charge in [0.25, 0.3) is 0 Å². The molecule has 0 saturated carbocycles. The Morgan fingerprint density at radius 2 is 1.32 bits per heavy atom. The molecule has 228 valence electrons. The van der Waals surface area contributed by atoms with Crippen LogP contribution in [-0.2, 0) is 30.0 Å². The lowest BCUT2D eigenvalue weighted by Gasteiger charge is -2.27. The van der Waals surface area contributed by atoms with Crippen LogP contribution in [0.2, 0.25) is 0 Å². The van der Waals surface area contributed by atoms with Crippen LogP contribution in [0.25, 0.3) is 0 Å². The maximum Gasteiger partial charge on any atom is 0.323 e. The van der Waals surface area contributed by atoms with E-state index in [0.717, 1.165) is 27.8 Å². The second-order valence-corrected chi connectivity index (χ2v) is 13.7. The summed E-state index contributed by atoms with van der Waals surface area (Å²) in [5, 5.41) is 15.8. The molecule has 0 saturated heterocycles. The molecule has 0 aliphatic heterocycles. The van der Waals surface area contributed by atoms with Crippen LogP contribution in [0.1, 0.15) is 89.1 Å². The molecule has 41 heavy (non-hydrogen) atoms. The normalized spacial score (nSPS) is 14.6. The van der Waals surface area contributed by atoms with Crippen molar-refractivity contribution in [1.29, 1.82) is 0 Å². The number of esters is 2. The largest absolute Gasteiger partial charge is 0.508 e. The molecule has 0 aliphatic carbocycles. The molecule has 0 spiro atoms. The van der Waals surface area contributed by atoms with Gasteiger partial charge in [0.2, 0.25) is 7.44 Å². The lowest BCUT2D eigenvalue weighted by Crippen LogP contribution is -2.43.